The fourth-order valence-corrected chi connectivity index (χ4v) is 2.04. The van der Waals surface area contributed by atoms with Crippen molar-refractivity contribution in [1.29, 1.82) is 0 Å². The second-order valence-electron chi connectivity index (χ2n) is 2.61. The van der Waals surface area contributed by atoms with E-state index in [-0.39, 0.29) is 0 Å². The van der Waals surface area contributed by atoms with Gasteiger partial charge < -0.3 is 0 Å². The zero-order chi connectivity index (χ0) is 13.3. The van der Waals surface area contributed by atoms with Crippen LogP contribution in [0.3, 0.4) is 0 Å². The Kier molecular flexibility index (Phi) is 4.21. The Labute approximate surface area is 113 Å². The number of nitrogens with zero attached hydrogens (tertiary/aromatic N) is 2. The third-order valence-electron chi connectivity index (χ3n) is 1.63. The molecule has 1 aromatic rings. The van der Waals surface area contributed by atoms with Crippen LogP contribution in [0.4, 0.5) is 11.4 Å². The summed E-state index contributed by atoms with van der Waals surface area (Å²) in [4.78, 5) is 20.0. The van der Waals surface area contributed by atoms with E-state index in [1.165, 1.54) is 0 Å². The predicted molar refractivity (Wildman–Crippen MR) is 63.8 cm³/mol. The maximum absolute atomic E-state index is 10.6. The van der Waals surface area contributed by atoms with Gasteiger partial charge in [-0.2, -0.15) is 0 Å². The van der Waals surface area contributed by atoms with Gasteiger partial charge in [-0.25, -0.2) is 10.1 Å². The smallest absolute Gasteiger partial charge is 0.258 e. The maximum atomic E-state index is 10.6. The zero-order valence-electron chi connectivity index (χ0n) is 7.54. The fourth-order valence-electron chi connectivity index (χ4n) is 0.970. The lowest BCUT2D eigenvalue weighted by Crippen LogP contribution is -2.09. The van der Waals surface area contributed by atoms with Gasteiger partial charge in [-0.05, 0) is 0 Å². The highest BCUT2D eigenvalue weighted by molar-refractivity contribution is 6.52. The lowest BCUT2D eigenvalue weighted by molar-refractivity contribution is -0.445. The lowest BCUT2D eigenvalue weighted by Gasteiger charge is -2.08. The van der Waals surface area contributed by atoms with Crippen molar-refractivity contribution in [1.82, 2.24) is 0 Å². The second kappa shape index (κ2) is 5.09. The molecule has 0 amide bonds. The van der Waals surface area contributed by atoms with E-state index in [2.05, 4.69) is 0 Å². The average molecular weight is 321 g/mol. The van der Waals surface area contributed by atoms with Crippen LogP contribution in [0.5, 0.6) is 0 Å². The van der Waals surface area contributed by atoms with E-state index in [4.69, 9.17) is 46.4 Å². The van der Waals surface area contributed by atoms with Crippen molar-refractivity contribution >= 4 is 57.8 Å². The van der Waals surface area contributed by atoms with Gasteiger partial charge in [0.25, 0.3) is 0 Å². The molecule has 1 rings (SSSR count). The minimum Gasteiger partial charge on any atom is -0.258 e. The van der Waals surface area contributed by atoms with Crippen molar-refractivity contribution in [3.63, 3.8) is 0 Å². The van der Waals surface area contributed by atoms with Gasteiger partial charge in [0, 0.05) is 0 Å². The first-order valence-corrected chi connectivity index (χ1v) is 5.20. The molecule has 0 aliphatic rings. The van der Waals surface area contributed by atoms with Crippen LogP contribution in [0.25, 0.3) is 0 Å². The number of hydrogen-bond donors (Lipinski definition) is 1. The van der Waals surface area contributed by atoms with Gasteiger partial charge in [0.05, 0.1) is 15.0 Å². The van der Waals surface area contributed by atoms with E-state index in [1.807, 2.05) is 0 Å². The van der Waals surface area contributed by atoms with Gasteiger partial charge in [-0.3, -0.25) is 10.1 Å². The molecule has 0 atom stereocenters. The van der Waals surface area contributed by atoms with E-state index in [0.717, 1.165) is 0 Å². The number of halogens is 4. The van der Waals surface area contributed by atoms with Crippen molar-refractivity contribution in [2.24, 2.45) is 0 Å². The molecule has 0 heterocycles. The maximum Gasteiger partial charge on any atom is 0.309 e. The number of hydrogen-bond acceptors (Lipinski definition) is 4. The van der Waals surface area contributed by atoms with E-state index >= 15 is 0 Å². The highest BCUT2D eigenvalue weighted by Crippen LogP contribution is 2.48. The van der Waals surface area contributed by atoms with E-state index in [1.54, 1.807) is 5.43 Å². The summed E-state index contributed by atoms with van der Waals surface area (Å²) in [6, 6.07) is 0. The number of nitro groups is 2. The molecule has 7 nitrogen and oxygen atoms in total. The molecule has 0 saturated carbocycles. The van der Waals surface area contributed by atoms with Gasteiger partial charge in [0.1, 0.15) is 15.7 Å². The Morgan fingerprint density at radius 3 is 1.59 bits per heavy atom. The SMILES string of the molecule is O=[N+]([O-])Nc1c(Cl)c(Cl)c([N+](=O)[O-])c(Cl)c1Cl. The highest BCUT2D eigenvalue weighted by atomic mass is 35.5. The summed E-state index contributed by atoms with van der Waals surface area (Å²) in [5, 5.41) is 18.0. The van der Waals surface area contributed by atoms with Crippen LogP contribution in [-0.4, -0.2) is 9.96 Å². The van der Waals surface area contributed by atoms with Gasteiger partial charge in [0.2, 0.25) is 0 Å². The van der Waals surface area contributed by atoms with Gasteiger partial charge >= 0.3 is 5.69 Å². The summed E-state index contributed by atoms with van der Waals surface area (Å²) in [5.74, 6) is 0. The minimum absolute atomic E-state index is 0.404. The van der Waals surface area contributed by atoms with Crippen molar-refractivity contribution in [2.75, 3.05) is 5.43 Å². The summed E-state index contributed by atoms with van der Waals surface area (Å²) >= 11 is 22.4. The van der Waals surface area contributed by atoms with Gasteiger partial charge in [0.15, 0.2) is 5.03 Å². The summed E-state index contributed by atoms with van der Waals surface area (Å²) in [7, 11) is 0. The molecule has 0 fully saturated rings. The quantitative estimate of drug-likeness (QED) is 0.518. The Hall–Kier alpha value is -1.02. The topological polar surface area (TPSA) is 98.3 Å². The van der Waals surface area contributed by atoms with Crippen LogP contribution in [0, 0.1) is 20.2 Å². The molecule has 17 heavy (non-hydrogen) atoms. The molecule has 0 aliphatic heterocycles. The molecule has 0 unspecified atom stereocenters. The van der Waals surface area contributed by atoms with E-state index < -0.39 is 41.4 Å². The van der Waals surface area contributed by atoms with Crippen LogP contribution >= 0.6 is 46.4 Å². The molecule has 11 heteroatoms. The van der Waals surface area contributed by atoms with Crippen molar-refractivity contribution in [3.8, 4) is 0 Å². The molecule has 0 saturated heterocycles. The first-order chi connectivity index (χ1) is 7.77. The third kappa shape index (κ3) is 2.63. The van der Waals surface area contributed by atoms with E-state index in [9.17, 15) is 20.2 Å². The number of rotatable bonds is 3. The van der Waals surface area contributed by atoms with Crippen molar-refractivity contribution < 1.29 is 9.96 Å². The number of anilines is 1. The molecular weight excluding hydrogens is 320 g/mol. The Balaban J connectivity index is 3.58. The molecule has 0 aliphatic carbocycles. The van der Waals surface area contributed by atoms with Gasteiger partial charge in [-0.15, -0.1) is 5.43 Å². The van der Waals surface area contributed by atoms with Crippen LogP contribution < -0.4 is 5.43 Å². The largest absolute Gasteiger partial charge is 0.309 e. The zero-order valence-corrected chi connectivity index (χ0v) is 10.6. The average Bonchev–Trinajstić information content (AvgIpc) is 2.21. The second-order valence-corrected chi connectivity index (χ2v) is 4.12. The first-order valence-electron chi connectivity index (χ1n) is 3.68. The van der Waals surface area contributed by atoms with E-state index in [0.29, 0.717) is 0 Å². The molecular formula is C6HCl4N3O4. The first kappa shape index (κ1) is 14.0. The molecule has 92 valence electrons. The number of benzene rings is 1. The summed E-state index contributed by atoms with van der Waals surface area (Å²) in [6.45, 7) is 0. The van der Waals surface area contributed by atoms with Crippen LogP contribution in [0.1, 0.15) is 0 Å². The third-order valence-corrected chi connectivity index (χ3v) is 3.31. The van der Waals surface area contributed by atoms with Gasteiger partial charge in [-0.1, -0.05) is 46.4 Å². The fraction of sp³-hybridized carbons (Fsp3) is 0. The molecule has 0 bridgehead atoms. The summed E-state index contributed by atoms with van der Waals surface area (Å²) < 4.78 is 0. The monoisotopic (exact) mass is 319 g/mol. The van der Waals surface area contributed by atoms with Crippen LogP contribution in [0.15, 0.2) is 0 Å². The normalized spacial score (nSPS) is 10.1. The summed E-state index contributed by atoms with van der Waals surface area (Å²) in [5.41, 5.74) is 0.541. The molecule has 0 radical (unpaired) electrons. The predicted octanol–water partition coefficient (Wildman–Crippen LogP) is 3.81. The molecule has 0 spiro atoms. The van der Waals surface area contributed by atoms with Crippen LogP contribution in [-0.2, 0) is 0 Å². The Morgan fingerprint density at radius 1 is 0.882 bits per heavy atom. The lowest BCUT2D eigenvalue weighted by atomic mass is 10.3. The molecule has 1 N–H and O–H groups in total. The number of hydrazine groups is 1. The molecule has 1 aromatic carbocycles. The Bertz CT molecular complexity index is 491. The van der Waals surface area contributed by atoms with Crippen molar-refractivity contribution in [3.05, 3.63) is 40.3 Å². The standard InChI is InChI=1S/C6HCl4N3O4/c7-1-3(9)6(12(14)15)4(10)2(8)5(1)11-13(16)17/h11H. The molecule has 0 aromatic heterocycles. The minimum atomic E-state index is -0.953. The summed E-state index contributed by atoms with van der Waals surface area (Å²) in [6.07, 6.45) is 0. The van der Waals surface area contributed by atoms with Crippen LogP contribution in [0.2, 0.25) is 20.1 Å². The number of nitro benzene ring substituents is 1. The Morgan fingerprint density at radius 2 is 1.29 bits per heavy atom. The highest BCUT2D eigenvalue weighted by Gasteiger charge is 2.29. The number of nitrogens with one attached hydrogen (secondary N) is 1. The van der Waals surface area contributed by atoms with Crippen molar-refractivity contribution in [2.45, 2.75) is 0 Å².